The van der Waals surface area contributed by atoms with E-state index in [1.807, 2.05) is 36.4 Å². The summed E-state index contributed by atoms with van der Waals surface area (Å²) in [6, 6.07) is 18.9. The summed E-state index contributed by atoms with van der Waals surface area (Å²) in [6.45, 7) is 0. The molecule has 1 aromatic heterocycles. The van der Waals surface area contributed by atoms with Gasteiger partial charge in [0.2, 0.25) is 5.91 Å². The zero-order valence-electron chi connectivity index (χ0n) is 13.1. The molecule has 0 fully saturated rings. The summed E-state index contributed by atoms with van der Waals surface area (Å²) in [4.78, 5) is 22.0. The number of furan rings is 1. The van der Waals surface area contributed by atoms with Crippen molar-refractivity contribution >= 4 is 23.4 Å². The van der Waals surface area contributed by atoms with Crippen molar-refractivity contribution in [1.29, 1.82) is 0 Å². The van der Waals surface area contributed by atoms with E-state index in [1.165, 1.54) is 30.3 Å². The number of hydrogen-bond acceptors (Lipinski definition) is 4. The van der Waals surface area contributed by atoms with Gasteiger partial charge in [-0.15, -0.1) is 0 Å². The van der Waals surface area contributed by atoms with Crippen LogP contribution < -0.4 is 5.32 Å². The number of anilines is 1. The van der Waals surface area contributed by atoms with E-state index in [9.17, 15) is 14.9 Å². The number of benzene rings is 2. The third-order valence-corrected chi connectivity index (χ3v) is 3.43. The van der Waals surface area contributed by atoms with Crippen LogP contribution in [0.1, 0.15) is 5.76 Å². The number of hydrogen-bond donors (Lipinski definition) is 1. The lowest BCUT2D eigenvalue weighted by molar-refractivity contribution is -0.384. The number of rotatable bonds is 5. The molecular formula is C19H14N2O4. The third kappa shape index (κ3) is 4.20. The van der Waals surface area contributed by atoms with Gasteiger partial charge in [-0.05, 0) is 30.3 Å². The number of amides is 1. The number of carbonyl (C=O) groups excluding carboxylic acids is 1. The first-order valence-electron chi connectivity index (χ1n) is 7.50. The van der Waals surface area contributed by atoms with Crippen molar-refractivity contribution in [1.82, 2.24) is 0 Å². The lowest BCUT2D eigenvalue weighted by Gasteiger charge is -2.01. The van der Waals surface area contributed by atoms with E-state index in [4.69, 9.17) is 4.42 Å². The standard InChI is InChI=1S/C19H14N2O4/c22-19(20-15-6-8-16(9-7-15)21(23)24)13-11-17-10-12-18(25-17)14-4-2-1-3-5-14/h1-13H,(H,20,22). The van der Waals surface area contributed by atoms with Gasteiger partial charge in [-0.1, -0.05) is 30.3 Å². The number of nitrogens with zero attached hydrogens (tertiary/aromatic N) is 1. The van der Waals surface area contributed by atoms with E-state index in [0.29, 0.717) is 11.4 Å². The Labute approximate surface area is 143 Å². The second kappa shape index (κ2) is 7.27. The van der Waals surface area contributed by atoms with Crippen molar-refractivity contribution in [3.63, 3.8) is 0 Å². The minimum atomic E-state index is -0.493. The summed E-state index contributed by atoms with van der Waals surface area (Å²) in [5.74, 6) is 0.917. The first-order valence-corrected chi connectivity index (χ1v) is 7.50. The van der Waals surface area contributed by atoms with Crippen LogP contribution in [0.5, 0.6) is 0 Å². The van der Waals surface area contributed by atoms with Crippen molar-refractivity contribution in [3.05, 3.63) is 88.7 Å². The molecule has 0 spiro atoms. The second-order valence-electron chi connectivity index (χ2n) is 5.19. The molecule has 0 aliphatic carbocycles. The predicted molar refractivity (Wildman–Crippen MR) is 94.9 cm³/mol. The third-order valence-electron chi connectivity index (χ3n) is 3.43. The van der Waals surface area contributed by atoms with Crippen LogP contribution in [-0.2, 0) is 4.79 Å². The number of carbonyl (C=O) groups is 1. The SMILES string of the molecule is O=C(C=Cc1ccc(-c2ccccc2)o1)Nc1ccc([N+](=O)[O-])cc1. The summed E-state index contributed by atoms with van der Waals surface area (Å²) in [7, 11) is 0. The van der Waals surface area contributed by atoms with Crippen molar-refractivity contribution in [2.45, 2.75) is 0 Å². The Bertz CT molecular complexity index is 912. The van der Waals surface area contributed by atoms with Gasteiger partial charge in [0, 0.05) is 29.5 Å². The number of nitrogens with one attached hydrogen (secondary N) is 1. The number of non-ortho nitro benzene ring substituents is 1. The molecule has 1 heterocycles. The number of nitro benzene ring substituents is 1. The summed E-state index contributed by atoms with van der Waals surface area (Å²) >= 11 is 0. The van der Waals surface area contributed by atoms with Crippen molar-refractivity contribution in [3.8, 4) is 11.3 Å². The molecule has 0 atom stereocenters. The Kier molecular flexibility index (Phi) is 4.71. The largest absolute Gasteiger partial charge is 0.457 e. The maximum atomic E-state index is 11.9. The molecule has 1 amide bonds. The maximum Gasteiger partial charge on any atom is 0.269 e. The highest BCUT2D eigenvalue weighted by atomic mass is 16.6. The van der Waals surface area contributed by atoms with E-state index in [1.54, 1.807) is 12.1 Å². The van der Waals surface area contributed by atoms with Gasteiger partial charge >= 0.3 is 0 Å². The maximum absolute atomic E-state index is 11.9. The Morgan fingerprint density at radius 1 is 1.00 bits per heavy atom. The van der Waals surface area contributed by atoms with Gasteiger partial charge in [0.15, 0.2) is 0 Å². The molecule has 0 aliphatic heterocycles. The quantitative estimate of drug-likeness (QED) is 0.423. The fourth-order valence-electron chi connectivity index (χ4n) is 2.21. The monoisotopic (exact) mass is 334 g/mol. The molecule has 0 bridgehead atoms. The summed E-state index contributed by atoms with van der Waals surface area (Å²) in [5, 5.41) is 13.2. The van der Waals surface area contributed by atoms with Crippen molar-refractivity contribution in [2.24, 2.45) is 0 Å². The zero-order valence-corrected chi connectivity index (χ0v) is 13.1. The van der Waals surface area contributed by atoms with Gasteiger partial charge in [0.05, 0.1) is 4.92 Å². The van der Waals surface area contributed by atoms with E-state index < -0.39 is 4.92 Å². The van der Waals surface area contributed by atoms with Crippen LogP contribution in [0.3, 0.4) is 0 Å². The molecule has 3 aromatic rings. The highest BCUT2D eigenvalue weighted by molar-refractivity contribution is 6.01. The first kappa shape index (κ1) is 16.2. The Morgan fingerprint density at radius 3 is 2.40 bits per heavy atom. The van der Waals surface area contributed by atoms with Crippen LogP contribution in [0, 0.1) is 10.1 Å². The molecule has 0 saturated heterocycles. The molecule has 6 nitrogen and oxygen atoms in total. The van der Waals surface area contributed by atoms with Crippen LogP contribution in [0.25, 0.3) is 17.4 Å². The average molecular weight is 334 g/mol. The molecule has 2 aromatic carbocycles. The van der Waals surface area contributed by atoms with Crippen LogP contribution in [0.4, 0.5) is 11.4 Å². The molecule has 0 saturated carbocycles. The molecule has 3 rings (SSSR count). The molecule has 0 unspecified atom stereocenters. The highest BCUT2D eigenvalue weighted by Gasteiger charge is 2.06. The Hall–Kier alpha value is -3.67. The molecule has 0 radical (unpaired) electrons. The molecule has 124 valence electrons. The summed E-state index contributed by atoms with van der Waals surface area (Å²) in [5.41, 5.74) is 1.40. The molecule has 6 heteroatoms. The van der Waals surface area contributed by atoms with Gasteiger partial charge in [-0.2, -0.15) is 0 Å². The fourth-order valence-corrected chi connectivity index (χ4v) is 2.21. The van der Waals surface area contributed by atoms with Gasteiger partial charge in [0.25, 0.3) is 5.69 Å². The van der Waals surface area contributed by atoms with E-state index in [2.05, 4.69) is 5.32 Å². The van der Waals surface area contributed by atoms with Crippen molar-refractivity contribution in [2.75, 3.05) is 5.32 Å². The summed E-state index contributed by atoms with van der Waals surface area (Å²) < 4.78 is 5.67. The smallest absolute Gasteiger partial charge is 0.269 e. The molecule has 0 aliphatic rings. The zero-order chi connectivity index (χ0) is 17.6. The van der Waals surface area contributed by atoms with Gasteiger partial charge < -0.3 is 9.73 Å². The minimum absolute atomic E-state index is 0.0300. The van der Waals surface area contributed by atoms with E-state index in [0.717, 1.165) is 11.3 Å². The second-order valence-corrected chi connectivity index (χ2v) is 5.19. The Morgan fingerprint density at radius 2 is 1.72 bits per heavy atom. The lowest BCUT2D eigenvalue weighted by Crippen LogP contribution is -2.07. The Balaban J connectivity index is 1.63. The van der Waals surface area contributed by atoms with Crippen LogP contribution in [-0.4, -0.2) is 10.8 Å². The van der Waals surface area contributed by atoms with E-state index in [-0.39, 0.29) is 11.6 Å². The van der Waals surface area contributed by atoms with Crippen LogP contribution in [0.2, 0.25) is 0 Å². The normalized spacial score (nSPS) is 10.7. The summed E-state index contributed by atoms with van der Waals surface area (Å²) in [6.07, 6.45) is 2.90. The highest BCUT2D eigenvalue weighted by Crippen LogP contribution is 2.22. The van der Waals surface area contributed by atoms with Crippen LogP contribution >= 0.6 is 0 Å². The van der Waals surface area contributed by atoms with Crippen LogP contribution in [0.15, 0.2) is 77.2 Å². The van der Waals surface area contributed by atoms with Gasteiger partial charge in [-0.3, -0.25) is 14.9 Å². The average Bonchev–Trinajstić information content (AvgIpc) is 3.10. The van der Waals surface area contributed by atoms with E-state index >= 15 is 0 Å². The van der Waals surface area contributed by atoms with Gasteiger partial charge in [-0.25, -0.2) is 0 Å². The molecule has 25 heavy (non-hydrogen) atoms. The lowest BCUT2D eigenvalue weighted by atomic mass is 10.2. The molecule has 1 N–H and O–H groups in total. The topological polar surface area (TPSA) is 85.4 Å². The first-order chi connectivity index (χ1) is 12.1. The predicted octanol–water partition coefficient (Wildman–Crippen LogP) is 4.51. The molecular weight excluding hydrogens is 320 g/mol. The fraction of sp³-hybridized carbons (Fsp3) is 0. The number of nitro groups is 1. The minimum Gasteiger partial charge on any atom is -0.457 e. The van der Waals surface area contributed by atoms with Gasteiger partial charge in [0.1, 0.15) is 11.5 Å². The van der Waals surface area contributed by atoms with Crippen molar-refractivity contribution < 1.29 is 14.1 Å².